The zero-order chi connectivity index (χ0) is 12.3. The van der Waals surface area contributed by atoms with Crippen LogP contribution in [0.5, 0.6) is 0 Å². The molecule has 1 heterocycles. The summed E-state index contributed by atoms with van der Waals surface area (Å²) in [4.78, 5) is 4.91. The molecule has 0 saturated carbocycles. The van der Waals surface area contributed by atoms with Crippen LogP contribution in [0.25, 0.3) is 0 Å². The molecular formula is C13H13FN2S. The summed E-state index contributed by atoms with van der Waals surface area (Å²) in [7, 11) is 0. The van der Waals surface area contributed by atoms with Crippen LogP contribution in [0.4, 0.5) is 10.1 Å². The Bertz CT molecular complexity index is 529. The largest absolute Gasteiger partial charge is 0.397 e. The van der Waals surface area contributed by atoms with Gasteiger partial charge in [0.05, 0.1) is 11.9 Å². The molecule has 1 aromatic heterocycles. The van der Waals surface area contributed by atoms with Crippen LogP contribution in [0.2, 0.25) is 0 Å². The Labute approximate surface area is 104 Å². The lowest BCUT2D eigenvalue weighted by Crippen LogP contribution is -1.92. The van der Waals surface area contributed by atoms with Gasteiger partial charge in [-0.3, -0.25) is 4.98 Å². The summed E-state index contributed by atoms with van der Waals surface area (Å²) in [5.41, 5.74) is 8.54. The molecule has 0 atom stereocenters. The van der Waals surface area contributed by atoms with Crippen LogP contribution in [0.1, 0.15) is 11.1 Å². The highest BCUT2D eigenvalue weighted by Crippen LogP contribution is 2.28. The number of thioether (sulfide) groups is 1. The van der Waals surface area contributed by atoms with Crippen LogP contribution >= 0.6 is 11.8 Å². The number of hydrogen-bond donors (Lipinski definition) is 1. The summed E-state index contributed by atoms with van der Waals surface area (Å²) in [6, 6.07) is 6.71. The van der Waals surface area contributed by atoms with E-state index >= 15 is 0 Å². The molecule has 0 spiro atoms. The van der Waals surface area contributed by atoms with E-state index < -0.39 is 0 Å². The normalized spacial score (nSPS) is 10.5. The number of pyridine rings is 1. The lowest BCUT2D eigenvalue weighted by atomic mass is 10.1. The summed E-state index contributed by atoms with van der Waals surface area (Å²) >= 11 is 1.59. The van der Waals surface area contributed by atoms with Crippen molar-refractivity contribution in [2.24, 2.45) is 0 Å². The third kappa shape index (κ3) is 2.97. The SMILES string of the molecule is Cc1ccc(F)cc1CSc1ccncc1N. The lowest BCUT2D eigenvalue weighted by molar-refractivity contribution is 0.626. The van der Waals surface area contributed by atoms with Gasteiger partial charge in [-0.15, -0.1) is 11.8 Å². The highest BCUT2D eigenvalue weighted by atomic mass is 32.2. The number of aromatic nitrogens is 1. The number of nitrogen functional groups attached to an aromatic ring is 1. The van der Waals surface area contributed by atoms with E-state index in [2.05, 4.69) is 4.98 Å². The molecule has 2 N–H and O–H groups in total. The van der Waals surface area contributed by atoms with Crippen LogP contribution < -0.4 is 5.73 Å². The van der Waals surface area contributed by atoms with Crippen LogP contribution in [0, 0.1) is 12.7 Å². The van der Waals surface area contributed by atoms with Crippen molar-refractivity contribution in [2.45, 2.75) is 17.6 Å². The monoisotopic (exact) mass is 248 g/mol. The van der Waals surface area contributed by atoms with Crippen LogP contribution in [0.15, 0.2) is 41.6 Å². The molecule has 88 valence electrons. The van der Waals surface area contributed by atoms with E-state index in [0.29, 0.717) is 11.4 Å². The van der Waals surface area contributed by atoms with Gasteiger partial charge in [0.25, 0.3) is 0 Å². The van der Waals surface area contributed by atoms with E-state index in [1.807, 2.05) is 13.0 Å². The minimum Gasteiger partial charge on any atom is -0.397 e. The number of halogens is 1. The molecule has 2 rings (SSSR count). The summed E-state index contributed by atoms with van der Waals surface area (Å²) < 4.78 is 13.1. The van der Waals surface area contributed by atoms with E-state index in [4.69, 9.17) is 5.73 Å². The number of anilines is 1. The van der Waals surface area contributed by atoms with Gasteiger partial charge in [-0.05, 0) is 36.2 Å². The summed E-state index contributed by atoms with van der Waals surface area (Å²) in [6.07, 6.45) is 3.33. The Morgan fingerprint density at radius 1 is 1.35 bits per heavy atom. The maximum Gasteiger partial charge on any atom is 0.123 e. The van der Waals surface area contributed by atoms with Crippen LogP contribution in [-0.2, 0) is 5.75 Å². The molecular weight excluding hydrogens is 235 g/mol. The Hall–Kier alpha value is -1.55. The molecule has 2 aromatic rings. The maximum atomic E-state index is 13.1. The fraction of sp³-hybridized carbons (Fsp3) is 0.154. The summed E-state index contributed by atoms with van der Waals surface area (Å²) in [5.74, 6) is 0.506. The van der Waals surface area contributed by atoms with Crippen LogP contribution in [0.3, 0.4) is 0 Å². The van der Waals surface area contributed by atoms with E-state index in [1.165, 1.54) is 6.07 Å². The lowest BCUT2D eigenvalue weighted by Gasteiger charge is -2.07. The quantitative estimate of drug-likeness (QED) is 0.846. The van der Waals surface area contributed by atoms with Crippen molar-refractivity contribution < 1.29 is 4.39 Å². The van der Waals surface area contributed by atoms with E-state index in [1.54, 1.807) is 36.3 Å². The molecule has 0 aliphatic carbocycles. The molecule has 1 aromatic carbocycles. The molecule has 0 aliphatic rings. The fourth-order valence-electron chi connectivity index (χ4n) is 1.48. The van der Waals surface area contributed by atoms with Crippen molar-refractivity contribution in [3.8, 4) is 0 Å². The van der Waals surface area contributed by atoms with Gasteiger partial charge in [-0.1, -0.05) is 6.07 Å². The molecule has 0 radical (unpaired) electrons. The third-order valence-corrected chi connectivity index (χ3v) is 3.64. The average molecular weight is 248 g/mol. The van der Waals surface area contributed by atoms with Crippen molar-refractivity contribution in [2.75, 3.05) is 5.73 Å². The molecule has 0 saturated heterocycles. The highest BCUT2D eigenvalue weighted by molar-refractivity contribution is 7.98. The first-order valence-electron chi connectivity index (χ1n) is 5.24. The predicted molar refractivity (Wildman–Crippen MR) is 69.3 cm³/mol. The molecule has 17 heavy (non-hydrogen) atoms. The predicted octanol–water partition coefficient (Wildman–Crippen LogP) is 3.40. The highest BCUT2D eigenvalue weighted by Gasteiger charge is 2.04. The van der Waals surface area contributed by atoms with Crippen molar-refractivity contribution >= 4 is 17.4 Å². The Morgan fingerprint density at radius 3 is 2.94 bits per heavy atom. The van der Waals surface area contributed by atoms with E-state index in [-0.39, 0.29) is 5.82 Å². The first-order valence-corrected chi connectivity index (χ1v) is 6.22. The van der Waals surface area contributed by atoms with Gasteiger partial charge in [0.15, 0.2) is 0 Å². The standard InChI is InChI=1S/C13H13FN2S/c1-9-2-3-11(14)6-10(9)8-17-13-4-5-16-7-12(13)15/h2-7H,8,15H2,1H3. The first-order chi connectivity index (χ1) is 8.16. The third-order valence-electron chi connectivity index (χ3n) is 2.50. The molecule has 0 fully saturated rings. The Kier molecular flexibility index (Phi) is 3.64. The van der Waals surface area contributed by atoms with E-state index in [9.17, 15) is 4.39 Å². The van der Waals surface area contributed by atoms with Gasteiger partial charge in [-0.2, -0.15) is 0 Å². The van der Waals surface area contributed by atoms with Crippen molar-refractivity contribution in [3.05, 3.63) is 53.6 Å². The summed E-state index contributed by atoms with van der Waals surface area (Å²) in [5, 5.41) is 0. The average Bonchev–Trinajstić information content (AvgIpc) is 2.32. The summed E-state index contributed by atoms with van der Waals surface area (Å²) in [6.45, 7) is 1.98. The zero-order valence-electron chi connectivity index (χ0n) is 9.48. The van der Waals surface area contributed by atoms with Gasteiger partial charge < -0.3 is 5.73 Å². The Morgan fingerprint density at radius 2 is 2.18 bits per heavy atom. The van der Waals surface area contributed by atoms with Crippen LogP contribution in [-0.4, -0.2) is 4.98 Å². The number of nitrogens with zero attached hydrogens (tertiary/aromatic N) is 1. The smallest absolute Gasteiger partial charge is 0.123 e. The minimum atomic E-state index is -0.200. The number of rotatable bonds is 3. The molecule has 0 amide bonds. The number of hydrogen-bond acceptors (Lipinski definition) is 3. The van der Waals surface area contributed by atoms with Gasteiger partial charge in [0, 0.05) is 16.8 Å². The van der Waals surface area contributed by atoms with Crippen molar-refractivity contribution in [1.82, 2.24) is 4.98 Å². The van der Waals surface area contributed by atoms with Crippen molar-refractivity contribution in [3.63, 3.8) is 0 Å². The fourth-order valence-corrected chi connectivity index (χ4v) is 2.47. The molecule has 4 heteroatoms. The molecule has 0 aliphatic heterocycles. The van der Waals surface area contributed by atoms with Gasteiger partial charge >= 0.3 is 0 Å². The zero-order valence-corrected chi connectivity index (χ0v) is 10.3. The molecule has 0 unspecified atom stereocenters. The second-order valence-electron chi connectivity index (χ2n) is 3.77. The first kappa shape index (κ1) is 11.9. The second-order valence-corrected chi connectivity index (χ2v) is 4.79. The second kappa shape index (κ2) is 5.19. The Balaban J connectivity index is 2.12. The van der Waals surface area contributed by atoms with Gasteiger partial charge in [0.1, 0.15) is 5.82 Å². The van der Waals surface area contributed by atoms with Gasteiger partial charge in [-0.25, -0.2) is 4.39 Å². The molecule has 2 nitrogen and oxygen atoms in total. The minimum absolute atomic E-state index is 0.200. The van der Waals surface area contributed by atoms with Gasteiger partial charge in [0.2, 0.25) is 0 Å². The van der Waals surface area contributed by atoms with E-state index in [0.717, 1.165) is 16.0 Å². The topological polar surface area (TPSA) is 38.9 Å². The number of aryl methyl sites for hydroxylation is 1. The maximum absolute atomic E-state index is 13.1. The molecule has 0 bridgehead atoms. The number of nitrogens with two attached hydrogens (primary N) is 1. The van der Waals surface area contributed by atoms with Crippen molar-refractivity contribution in [1.29, 1.82) is 0 Å². The number of benzene rings is 1.